The van der Waals surface area contributed by atoms with Crippen LogP contribution in [0.3, 0.4) is 0 Å². The predicted octanol–water partition coefficient (Wildman–Crippen LogP) is 0.135. The molecule has 2 N–H and O–H groups in total. The molecule has 0 spiro atoms. The standard InChI is InChI=1S/C8H12N2O3/c1-4-6(7(11)13-3)5(2)10-8(12)9-4/h4H,1-3H3,(H2,9,10,12)/t4-/m0/s1. The molecule has 0 fully saturated rings. The molecule has 1 rings (SSSR count). The van der Waals surface area contributed by atoms with Crippen LogP contribution in [0.25, 0.3) is 0 Å². The van der Waals surface area contributed by atoms with Gasteiger partial charge in [0.25, 0.3) is 0 Å². The minimum atomic E-state index is -0.419. The van der Waals surface area contributed by atoms with E-state index in [1.54, 1.807) is 13.8 Å². The van der Waals surface area contributed by atoms with Crippen LogP contribution in [0.5, 0.6) is 0 Å². The molecule has 0 saturated carbocycles. The number of amides is 2. The maximum Gasteiger partial charge on any atom is 0.337 e. The van der Waals surface area contributed by atoms with Crippen molar-refractivity contribution < 1.29 is 14.3 Å². The lowest BCUT2D eigenvalue weighted by atomic mass is 10.1. The van der Waals surface area contributed by atoms with Crippen LogP contribution in [-0.4, -0.2) is 25.2 Å². The zero-order valence-electron chi connectivity index (χ0n) is 7.80. The Morgan fingerprint density at radius 1 is 1.54 bits per heavy atom. The van der Waals surface area contributed by atoms with Gasteiger partial charge in [-0.3, -0.25) is 0 Å². The van der Waals surface area contributed by atoms with Crippen molar-refractivity contribution >= 4 is 12.0 Å². The average molecular weight is 184 g/mol. The van der Waals surface area contributed by atoms with Crippen molar-refractivity contribution in [2.45, 2.75) is 19.9 Å². The first-order valence-electron chi connectivity index (χ1n) is 3.93. The molecule has 13 heavy (non-hydrogen) atoms. The fourth-order valence-corrected chi connectivity index (χ4v) is 1.31. The topological polar surface area (TPSA) is 67.4 Å². The van der Waals surface area contributed by atoms with Crippen LogP contribution in [0.15, 0.2) is 11.3 Å². The largest absolute Gasteiger partial charge is 0.466 e. The fraction of sp³-hybridized carbons (Fsp3) is 0.500. The highest BCUT2D eigenvalue weighted by atomic mass is 16.5. The minimum absolute atomic E-state index is 0.294. The van der Waals surface area contributed by atoms with Gasteiger partial charge in [-0.2, -0.15) is 0 Å². The van der Waals surface area contributed by atoms with Crippen molar-refractivity contribution in [2.24, 2.45) is 0 Å². The van der Waals surface area contributed by atoms with Crippen molar-refractivity contribution in [3.63, 3.8) is 0 Å². The number of urea groups is 1. The monoisotopic (exact) mass is 184 g/mol. The van der Waals surface area contributed by atoms with Crippen LogP contribution < -0.4 is 10.6 Å². The summed E-state index contributed by atoms with van der Waals surface area (Å²) < 4.78 is 4.58. The summed E-state index contributed by atoms with van der Waals surface area (Å²) in [5.41, 5.74) is 1.00. The number of nitrogens with one attached hydrogen (secondary N) is 2. The van der Waals surface area contributed by atoms with Crippen molar-refractivity contribution in [1.82, 2.24) is 10.6 Å². The number of ether oxygens (including phenoxy) is 1. The summed E-state index contributed by atoms with van der Waals surface area (Å²) in [6, 6.07) is -0.598. The number of allylic oxidation sites excluding steroid dienone is 1. The van der Waals surface area contributed by atoms with Gasteiger partial charge in [0.2, 0.25) is 0 Å². The molecule has 0 aromatic heterocycles. The molecule has 0 bridgehead atoms. The Hall–Kier alpha value is -1.52. The van der Waals surface area contributed by atoms with Gasteiger partial charge in [0, 0.05) is 5.70 Å². The second-order valence-corrected chi connectivity index (χ2v) is 2.85. The average Bonchev–Trinajstić information content (AvgIpc) is 2.02. The summed E-state index contributed by atoms with van der Waals surface area (Å²) in [5, 5.41) is 5.07. The van der Waals surface area contributed by atoms with E-state index >= 15 is 0 Å². The van der Waals surface area contributed by atoms with Crippen LogP contribution in [0.1, 0.15) is 13.8 Å². The van der Waals surface area contributed by atoms with E-state index in [0.717, 1.165) is 0 Å². The molecule has 0 saturated heterocycles. The Morgan fingerprint density at radius 3 is 2.62 bits per heavy atom. The first-order chi connectivity index (χ1) is 6.06. The SMILES string of the molecule is COC(=O)C1=C(C)NC(=O)N[C@H]1C. The molecule has 5 nitrogen and oxygen atoms in total. The first-order valence-corrected chi connectivity index (χ1v) is 3.93. The first kappa shape index (κ1) is 9.57. The van der Waals surface area contributed by atoms with Gasteiger partial charge in [-0.25, -0.2) is 9.59 Å². The molecular formula is C8H12N2O3. The fourth-order valence-electron chi connectivity index (χ4n) is 1.31. The summed E-state index contributed by atoms with van der Waals surface area (Å²) >= 11 is 0. The van der Waals surface area contributed by atoms with Crippen LogP contribution in [0.2, 0.25) is 0 Å². The Labute approximate surface area is 76.1 Å². The number of rotatable bonds is 1. The summed E-state index contributed by atoms with van der Waals surface area (Å²) in [4.78, 5) is 22.2. The highest BCUT2D eigenvalue weighted by Gasteiger charge is 2.26. The molecule has 1 aliphatic heterocycles. The highest BCUT2D eigenvalue weighted by molar-refractivity contribution is 5.94. The lowest BCUT2D eigenvalue weighted by molar-refractivity contribution is -0.136. The Bertz CT molecular complexity index is 283. The van der Waals surface area contributed by atoms with E-state index < -0.39 is 5.97 Å². The number of esters is 1. The summed E-state index contributed by atoms with van der Waals surface area (Å²) in [6.45, 7) is 3.40. The maximum absolute atomic E-state index is 11.2. The van der Waals surface area contributed by atoms with Gasteiger partial charge >= 0.3 is 12.0 Å². The third-order valence-electron chi connectivity index (χ3n) is 1.89. The maximum atomic E-state index is 11.2. The Morgan fingerprint density at radius 2 is 2.15 bits per heavy atom. The van der Waals surface area contributed by atoms with E-state index in [1.165, 1.54) is 7.11 Å². The summed E-state index contributed by atoms with van der Waals surface area (Å²) in [5.74, 6) is -0.419. The molecule has 1 heterocycles. The lowest BCUT2D eigenvalue weighted by Gasteiger charge is -2.24. The van der Waals surface area contributed by atoms with Crippen molar-refractivity contribution in [3.8, 4) is 0 Å². The summed E-state index contributed by atoms with van der Waals surface area (Å²) in [6.07, 6.45) is 0. The van der Waals surface area contributed by atoms with Crippen LogP contribution in [-0.2, 0) is 9.53 Å². The molecule has 1 aliphatic rings. The van der Waals surface area contributed by atoms with E-state index in [9.17, 15) is 9.59 Å². The normalized spacial score (nSPS) is 22.1. The van der Waals surface area contributed by atoms with Gasteiger partial charge in [-0.1, -0.05) is 0 Å². The Balaban J connectivity index is 2.97. The molecule has 2 amide bonds. The van der Waals surface area contributed by atoms with Crippen molar-refractivity contribution in [3.05, 3.63) is 11.3 Å². The number of carbonyl (C=O) groups is 2. The second-order valence-electron chi connectivity index (χ2n) is 2.85. The van der Waals surface area contributed by atoms with Crippen molar-refractivity contribution in [1.29, 1.82) is 0 Å². The third-order valence-corrected chi connectivity index (χ3v) is 1.89. The van der Waals surface area contributed by atoms with Gasteiger partial charge < -0.3 is 15.4 Å². The van der Waals surface area contributed by atoms with Gasteiger partial charge in [0.05, 0.1) is 18.7 Å². The van der Waals surface area contributed by atoms with E-state index in [1.807, 2.05) is 0 Å². The number of carbonyl (C=O) groups excluding carboxylic acids is 2. The van der Waals surface area contributed by atoms with Gasteiger partial charge in [0.15, 0.2) is 0 Å². The number of hydrogen-bond acceptors (Lipinski definition) is 3. The Kier molecular flexibility index (Phi) is 2.55. The number of hydrogen-bond donors (Lipinski definition) is 2. The molecule has 72 valence electrons. The molecule has 0 unspecified atom stereocenters. The predicted molar refractivity (Wildman–Crippen MR) is 45.8 cm³/mol. The second kappa shape index (κ2) is 3.47. The van der Waals surface area contributed by atoms with Gasteiger partial charge in [-0.15, -0.1) is 0 Å². The van der Waals surface area contributed by atoms with Crippen LogP contribution in [0, 0.1) is 0 Å². The van der Waals surface area contributed by atoms with Crippen LogP contribution >= 0.6 is 0 Å². The van der Waals surface area contributed by atoms with Crippen molar-refractivity contribution in [2.75, 3.05) is 7.11 Å². The highest BCUT2D eigenvalue weighted by Crippen LogP contribution is 2.12. The molecule has 0 radical (unpaired) electrons. The summed E-state index contributed by atoms with van der Waals surface area (Å²) in [7, 11) is 1.31. The van der Waals surface area contributed by atoms with E-state index in [2.05, 4.69) is 15.4 Å². The van der Waals surface area contributed by atoms with Crippen LogP contribution in [0.4, 0.5) is 4.79 Å². The van der Waals surface area contributed by atoms with E-state index in [4.69, 9.17) is 0 Å². The van der Waals surface area contributed by atoms with E-state index in [0.29, 0.717) is 11.3 Å². The van der Waals surface area contributed by atoms with Gasteiger partial charge in [0.1, 0.15) is 0 Å². The minimum Gasteiger partial charge on any atom is -0.466 e. The molecule has 0 aromatic carbocycles. The zero-order valence-corrected chi connectivity index (χ0v) is 7.80. The lowest BCUT2D eigenvalue weighted by Crippen LogP contribution is -2.48. The molecule has 0 aromatic rings. The molecule has 0 aliphatic carbocycles. The molecular weight excluding hydrogens is 172 g/mol. The third kappa shape index (κ3) is 1.80. The zero-order chi connectivity index (χ0) is 10.0. The molecule has 5 heteroatoms. The molecule has 1 atom stereocenters. The van der Waals surface area contributed by atoms with Gasteiger partial charge in [-0.05, 0) is 13.8 Å². The quantitative estimate of drug-likeness (QED) is 0.569. The number of methoxy groups -OCH3 is 1. The smallest absolute Gasteiger partial charge is 0.337 e. The van der Waals surface area contributed by atoms with E-state index in [-0.39, 0.29) is 12.1 Å².